The van der Waals surface area contributed by atoms with Crippen LogP contribution in [0.2, 0.25) is 0 Å². The number of ether oxygens (including phenoxy) is 4. The molecule has 1 aliphatic heterocycles. The maximum Gasteiger partial charge on any atom is 0.338 e. The molecule has 12 nitrogen and oxygen atoms in total. The highest BCUT2D eigenvalue weighted by molar-refractivity contribution is 7.07. The molecule has 0 bridgehead atoms. The number of non-ortho nitro benzene ring substituents is 1. The average Bonchev–Trinajstić information content (AvgIpc) is 3.59. The first-order chi connectivity index (χ1) is 20.7. The maximum atomic E-state index is 14.0. The summed E-state index contributed by atoms with van der Waals surface area (Å²) < 4.78 is 29.5. The molecule has 0 fully saturated rings. The number of carbonyl (C=O) groups is 1. The molecular weight excluding hydrogens is 578 g/mol. The second kappa shape index (κ2) is 12.0. The van der Waals surface area contributed by atoms with Crippen LogP contribution in [0.3, 0.4) is 0 Å². The molecule has 0 saturated carbocycles. The highest BCUT2D eigenvalue weighted by atomic mass is 32.1. The van der Waals surface area contributed by atoms with Crippen molar-refractivity contribution >= 4 is 29.1 Å². The van der Waals surface area contributed by atoms with Crippen LogP contribution in [0, 0.1) is 10.1 Å². The Labute approximate surface area is 248 Å². The monoisotopic (exact) mass is 605 g/mol. The fourth-order valence-electron chi connectivity index (χ4n) is 4.85. The van der Waals surface area contributed by atoms with Crippen LogP contribution < -0.4 is 29.1 Å². The summed E-state index contributed by atoms with van der Waals surface area (Å²) in [6.45, 7) is 3.53. The van der Waals surface area contributed by atoms with Crippen LogP contribution in [-0.2, 0) is 9.53 Å². The van der Waals surface area contributed by atoms with Gasteiger partial charge < -0.3 is 23.4 Å². The molecule has 5 rings (SSSR count). The quantitative estimate of drug-likeness (QED) is 0.157. The van der Waals surface area contributed by atoms with E-state index in [1.54, 1.807) is 50.3 Å². The van der Waals surface area contributed by atoms with Gasteiger partial charge in [0.15, 0.2) is 4.80 Å². The lowest BCUT2D eigenvalue weighted by Gasteiger charge is -2.26. The summed E-state index contributed by atoms with van der Waals surface area (Å²) in [4.78, 5) is 43.0. The molecule has 0 amide bonds. The lowest BCUT2D eigenvalue weighted by Crippen LogP contribution is -2.40. The number of rotatable bonds is 9. The maximum absolute atomic E-state index is 14.0. The Kier molecular flexibility index (Phi) is 8.17. The van der Waals surface area contributed by atoms with Crippen molar-refractivity contribution in [3.63, 3.8) is 0 Å². The molecule has 3 heterocycles. The lowest BCUT2D eigenvalue weighted by molar-refractivity contribution is -0.384. The Balaban J connectivity index is 1.67. The number of hydrogen-bond donors (Lipinski definition) is 0. The van der Waals surface area contributed by atoms with E-state index in [4.69, 9.17) is 23.4 Å². The number of benzene rings is 2. The van der Waals surface area contributed by atoms with E-state index in [-0.39, 0.29) is 22.4 Å². The van der Waals surface area contributed by atoms with E-state index in [2.05, 4.69) is 4.99 Å². The van der Waals surface area contributed by atoms with Gasteiger partial charge in [0.1, 0.15) is 34.8 Å². The molecule has 0 saturated heterocycles. The third kappa shape index (κ3) is 5.42. The van der Waals surface area contributed by atoms with Gasteiger partial charge in [-0.05, 0) is 50.2 Å². The van der Waals surface area contributed by atoms with Crippen molar-refractivity contribution in [1.29, 1.82) is 0 Å². The van der Waals surface area contributed by atoms with Crippen LogP contribution in [0.25, 0.3) is 17.4 Å². The molecule has 0 spiro atoms. The van der Waals surface area contributed by atoms with Crippen molar-refractivity contribution in [2.24, 2.45) is 4.99 Å². The van der Waals surface area contributed by atoms with Gasteiger partial charge in [0.25, 0.3) is 11.2 Å². The van der Waals surface area contributed by atoms with Gasteiger partial charge in [-0.2, -0.15) is 0 Å². The Morgan fingerprint density at radius 2 is 1.84 bits per heavy atom. The number of esters is 1. The summed E-state index contributed by atoms with van der Waals surface area (Å²) in [6, 6.07) is 11.7. The molecule has 0 radical (unpaired) electrons. The molecule has 0 unspecified atom stereocenters. The number of thiazole rings is 1. The minimum absolute atomic E-state index is 0.122. The van der Waals surface area contributed by atoms with Crippen molar-refractivity contribution in [2.75, 3.05) is 27.9 Å². The van der Waals surface area contributed by atoms with Crippen molar-refractivity contribution in [1.82, 2.24) is 4.57 Å². The highest BCUT2D eigenvalue weighted by Crippen LogP contribution is 2.38. The molecule has 43 heavy (non-hydrogen) atoms. The van der Waals surface area contributed by atoms with Gasteiger partial charge in [0.2, 0.25) is 0 Å². The Morgan fingerprint density at radius 3 is 2.51 bits per heavy atom. The van der Waals surface area contributed by atoms with E-state index in [0.717, 1.165) is 11.3 Å². The normalized spacial score (nSPS) is 14.6. The second-order valence-corrected chi connectivity index (χ2v) is 10.3. The van der Waals surface area contributed by atoms with E-state index < -0.39 is 22.5 Å². The fraction of sp³-hybridized carbons (Fsp3) is 0.233. The van der Waals surface area contributed by atoms with Gasteiger partial charge in [-0.25, -0.2) is 9.79 Å². The fourth-order valence-corrected chi connectivity index (χ4v) is 5.87. The van der Waals surface area contributed by atoms with Crippen LogP contribution in [0.4, 0.5) is 5.69 Å². The minimum Gasteiger partial charge on any atom is -0.497 e. The molecule has 1 aliphatic rings. The summed E-state index contributed by atoms with van der Waals surface area (Å²) in [5, 5.41) is 11.3. The molecule has 222 valence electrons. The van der Waals surface area contributed by atoms with E-state index in [9.17, 15) is 19.7 Å². The number of allylic oxidation sites excluding steroid dienone is 1. The third-order valence-electron chi connectivity index (χ3n) is 6.81. The number of nitro groups is 1. The lowest BCUT2D eigenvalue weighted by atomic mass is 9.95. The van der Waals surface area contributed by atoms with Crippen molar-refractivity contribution < 1.29 is 33.1 Å². The number of furan rings is 1. The van der Waals surface area contributed by atoms with Crippen LogP contribution in [0.5, 0.6) is 17.2 Å². The first kappa shape index (κ1) is 29.3. The minimum atomic E-state index is -0.913. The topological polar surface area (TPSA) is 145 Å². The average molecular weight is 606 g/mol. The van der Waals surface area contributed by atoms with E-state index >= 15 is 0 Å². The number of carbonyl (C=O) groups excluding carboxylic acids is 1. The number of methoxy groups -OCH3 is 3. The van der Waals surface area contributed by atoms with E-state index in [1.165, 1.54) is 44.1 Å². The number of nitro benzene ring substituents is 1. The van der Waals surface area contributed by atoms with Crippen LogP contribution in [-0.4, -0.2) is 43.4 Å². The first-order valence-electron chi connectivity index (χ1n) is 13.0. The Hall–Kier alpha value is -5.17. The SMILES string of the molecule is CCOC(=O)C1=C(C)N=c2s/c(=C/c3ccc(-c4cc([N+](=O)[O-])ccc4OC)o3)c(=O)n2[C@@H]1c1cc(OC)ccc1OC. The summed E-state index contributed by atoms with van der Waals surface area (Å²) in [5.74, 6) is 1.38. The standard InChI is InChI=1S/C30H27N3O9S/c1-6-41-29(35)26-16(2)31-30-32(27(26)21-14-18(38-3)8-11-23(21)40-5)28(34)25(43-30)15-19-9-12-24(42-19)20-13-17(33(36)37)7-10-22(20)39-4/h7-15,27H,6H2,1-5H3/b25-15+/t27-/m1/s1. The summed E-state index contributed by atoms with van der Waals surface area (Å²) in [5.41, 5.74) is 0.966. The number of aromatic nitrogens is 1. The Morgan fingerprint density at radius 1 is 1.09 bits per heavy atom. The van der Waals surface area contributed by atoms with Gasteiger partial charge >= 0.3 is 5.97 Å². The zero-order chi connectivity index (χ0) is 30.8. The van der Waals surface area contributed by atoms with Gasteiger partial charge in [-0.3, -0.25) is 19.5 Å². The Bertz CT molecular complexity index is 1950. The van der Waals surface area contributed by atoms with Gasteiger partial charge in [-0.15, -0.1) is 0 Å². The zero-order valence-electron chi connectivity index (χ0n) is 23.9. The van der Waals surface area contributed by atoms with Crippen LogP contribution in [0.1, 0.15) is 31.2 Å². The molecule has 13 heteroatoms. The van der Waals surface area contributed by atoms with Gasteiger partial charge in [-0.1, -0.05) is 11.3 Å². The van der Waals surface area contributed by atoms with Gasteiger partial charge in [0, 0.05) is 23.8 Å². The van der Waals surface area contributed by atoms with E-state index in [0.29, 0.717) is 50.4 Å². The smallest absolute Gasteiger partial charge is 0.338 e. The number of fused-ring (bicyclic) bond motifs is 1. The first-order valence-corrected chi connectivity index (χ1v) is 13.9. The summed E-state index contributed by atoms with van der Waals surface area (Å²) in [6.07, 6.45) is 1.56. The molecule has 0 N–H and O–H groups in total. The molecular formula is C30H27N3O9S. The van der Waals surface area contributed by atoms with Crippen molar-refractivity contribution in [3.8, 4) is 28.6 Å². The van der Waals surface area contributed by atoms with Gasteiger partial charge in [0.05, 0.1) is 54.2 Å². The third-order valence-corrected chi connectivity index (χ3v) is 7.79. The van der Waals surface area contributed by atoms with Crippen LogP contribution in [0.15, 0.2) is 74.0 Å². The van der Waals surface area contributed by atoms with Crippen LogP contribution >= 0.6 is 11.3 Å². The molecule has 4 aromatic rings. The van der Waals surface area contributed by atoms with Crippen molar-refractivity contribution in [3.05, 3.63) is 101 Å². The molecule has 2 aromatic heterocycles. The molecule has 0 aliphatic carbocycles. The number of nitrogens with zero attached hydrogens (tertiary/aromatic N) is 3. The molecule has 1 atom stereocenters. The highest BCUT2D eigenvalue weighted by Gasteiger charge is 2.35. The molecule has 2 aromatic carbocycles. The number of hydrogen-bond acceptors (Lipinski definition) is 11. The van der Waals surface area contributed by atoms with Crippen molar-refractivity contribution in [2.45, 2.75) is 19.9 Å². The van der Waals surface area contributed by atoms with E-state index in [1.807, 2.05) is 0 Å². The predicted octanol–water partition coefficient (Wildman–Crippen LogP) is 3.99. The summed E-state index contributed by atoms with van der Waals surface area (Å²) in [7, 11) is 4.47. The predicted molar refractivity (Wildman–Crippen MR) is 157 cm³/mol. The zero-order valence-corrected chi connectivity index (χ0v) is 24.7. The largest absolute Gasteiger partial charge is 0.497 e. The second-order valence-electron chi connectivity index (χ2n) is 9.25. The summed E-state index contributed by atoms with van der Waals surface area (Å²) >= 11 is 1.12.